The lowest BCUT2D eigenvalue weighted by atomic mass is 10.3. The molecule has 0 unspecified atom stereocenters. The topological polar surface area (TPSA) is 33.6 Å². The Balaban J connectivity index is 2.87. The minimum Gasteiger partial charge on any atom is -0.488 e. The third-order valence-corrected chi connectivity index (χ3v) is 1.46. The van der Waals surface area contributed by atoms with Crippen molar-refractivity contribution < 1.29 is 4.74 Å². The third kappa shape index (κ3) is 2.12. The first-order valence-corrected chi connectivity index (χ1v) is 3.96. The standard InChI is InChI=1S/C9H14N2O/c1-7(2)6-8-9(10-3)11-4-5-12-8/h6,11H,3-5H2,1-2H3. The van der Waals surface area contributed by atoms with E-state index in [0.29, 0.717) is 6.61 Å². The number of nitrogens with zero attached hydrogens (tertiary/aromatic N) is 1. The Kier molecular flexibility index (Phi) is 2.91. The molecule has 3 nitrogen and oxygen atoms in total. The molecule has 0 amide bonds. The van der Waals surface area contributed by atoms with Crippen molar-refractivity contribution in [2.75, 3.05) is 13.2 Å². The highest BCUT2D eigenvalue weighted by atomic mass is 16.5. The van der Waals surface area contributed by atoms with Gasteiger partial charge in [-0.1, -0.05) is 5.57 Å². The molecule has 3 heteroatoms. The normalized spacial score (nSPS) is 16.2. The van der Waals surface area contributed by atoms with E-state index in [1.54, 1.807) is 0 Å². The zero-order valence-electron chi connectivity index (χ0n) is 7.55. The Morgan fingerprint density at radius 3 is 3.00 bits per heavy atom. The van der Waals surface area contributed by atoms with Crippen LogP contribution >= 0.6 is 0 Å². The zero-order chi connectivity index (χ0) is 8.97. The lowest BCUT2D eigenvalue weighted by Crippen LogP contribution is -2.25. The number of ether oxygens (including phenoxy) is 1. The monoisotopic (exact) mass is 166 g/mol. The number of allylic oxidation sites excluding steroid dienone is 2. The number of rotatable bonds is 2. The highest BCUT2D eigenvalue weighted by Gasteiger charge is 2.08. The molecule has 66 valence electrons. The van der Waals surface area contributed by atoms with E-state index in [1.807, 2.05) is 19.9 Å². The van der Waals surface area contributed by atoms with E-state index < -0.39 is 0 Å². The molecule has 0 bridgehead atoms. The first kappa shape index (κ1) is 8.84. The summed E-state index contributed by atoms with van der Waals surface area (Å²) in [4.78, 5) is 3.83. The quantitative estimate of drug-likeness (QED) is 0.630. The summed E-state index contributed by atoms with van der Waals surface area (Å²) in [5.41, 5.74) is 1.19. The van der Waals surface area contributed by atoms with Gasteiger partial charge < -0.3 is 10.1 Å². The van der Waals surface area contributed by atoms with E-state index in [-0.39, 0.29) is 0 Å². The maximum atomic E-state index is 5.40. The van der Waals surface area contributed by atoms with E-state index in [2.05, 4.69) is 17.0 Å². The lowest BCUT2D eigenvalue weighted by Gasteiger charge is -2.18. The van der Waals surface area contributed by atoms with Crippen LogP contribution in [-0.4, -0.2) is 19.9 Å². The molecule has 1 aliphatic rings. The summed E-state index contributed by atoms with van der Waals surface area (Å²) in [7, 11) is 0. The second-order valence-electron chi connectivity index (χ2n) is 2.87. The van der Waals surface area contributed by atoms with Crippen LogP contribution in [0.1, 0.15) is 13.8 Å². The minimum atomic E-state index is 0.693. The molecule has 0 fully saturated rings. The molecule has 0 aromatic heterocycles. The largest absolute Gasteiger partial charge is 0.488 e. The molecule has 0 aromatic rings. The van der Waals surface area contributed by atoms with Crippen LogP contribution in [0.4, 0.5) is 0 Å². The van der Waals surface area contributed by atoms with Crippen molar-refractivity contribution in [2.45, 2.75) is 13.8 Å². The molecule has 0 saturated heterocycles. The molecule has 1 rings (SSSR count). The zero-order valence-corrected chi connectivity index (χ0v) is 7.55. The van der Waals surface area contributed by atoms with Gasteiger partial charge in [0, 0.05) is 0 Å². The van der Waals surface area contributed by atoms with Crippen LogP contribution in [0.25, 0.3) is 0 Å². The molecular weight excluding hydrogens is 152 g/mol. The fourth-order valence-corrected chi connectivity index (χ4v) is 0.992. The van der Waals surface area contributed by atoms with Crippen molar-refractivity contribution in [1.29, 1.82) is 0 Å². The van der Waals surface area contributed by atoms with Crippen molar-refractivity contribution in [3.05, 3.63) is 23.2 Å². The average molecular weight is 166 g/mol. The van der Waals surface area contributed by atoms with Crippen LogP contribution in [0.2, 0.25) is 0 Å². The highest BCUT2D eigenvalue weighted by Crippen LogP contribution is 2.12. The summed E-state index contributed by atoms with van der Waals surface area (Å²) >= 11 is 0. The molecule has 0 spiro atoms. The van der Waals surface area contributed by atoms with Gasteiger partial charge >= 0.3 is 0 Å². The van der Waals surface area contributed by atoms with Crippen LogP contribution in [0.3, 0.4) is 0 Å². The summed E-state index contributed by atoms with van der Waals surface area (Å²) in [6, 6.07) is 0. The molecule has 1 aliphatic heterocycles. The van der Waals surface area contributed by atoms with Crippen molar-refractivity contribution in [3.63, 3.8) is 0 Å². The van der Waals surface area contributed by atoms with Crippen LogP contribution in [-0.2, 0) is 4.74 Å². The average Bonchev–Trinajstić information content (AvgIpc) is 2.04. The SMILES string of the molecule is C=NC1=C(C=C(C)C)OCCN1. The summed E-state index contributed by atoms with van der Waals surface area (Å²) < 4.78 is 5.40. The van der Waals surface area contributed by atoms with Crippen LogP contribution in [0, 0.1) is 0 Å². The molecule has 0 aromatic carbocycles. The van der Waals surface area contributed by atoms with Gasteiger partial charge in [0.05, 0.1) is 6.54 Å². The van der Waals surface area contributed by atoms with Gasteiger partial charge in [0.2, 0.25) is 0 Å². The maximum absolute atomic E-state index is 5.40. The number of nitrogens with one attached hydrogen (secondary N) is 1. The van der Waals surface area contributed by atoms with E-state index in [0.717, 1.165) is 18.1 Å². The second-order valence-corrected chi connectivity index (χ2v) is 2.87. The lowest BCUT2D eigenvalue weighted by molar-refractivity contribution is 0.203. The van der Waals surface area contributed by atoms with E-state index in [9.17, 15) is 0 Å². The highest BCUT2D eigenvalue weighted by molar-refractivity contribution is 5.32. The van der Waals surface area contributed by atoms with Gasteiger partial charge in [0.25, 0.3) is 0 Å². The van der Waals surface area contributed by atoms with Crippen molar-refractivity contribution in [3.8, 4) is 0 Å². The summed E-state index contributed by atoms with van der Waals surface area (Å²) in [6.45, 7) is 8.99. The molecule has 0 atom stereocenters. The maximum Gasteiger partial charge on any atom is 0.168 e. The molecule has 0 saturated carbocycles. The fourth-order valence-electron chi connectivity index (χ4n) is 0.992. The van der Waals surface area contributed by atoms with Crippen molar-refractivity contribution in [2.24, 2.45) is 4.99 Å². The van der Waals surface area contributed by atoms with Gasteiger partial charge in [-0.25, -0.2) is 4.99 Å². The molecule has 0 radical (unpaired) electrons. The van der Waals surface area contributed by atoms with Crippen LogP contribution in [0.5, 0.6) is 0 Å². The molecule has 1 heterocycles. The number of aliphatic imine (C=N–C) groups is 1. The molecular formula is C9H14N2O. The van der Waals surface area contributed by atoms with Gasteiger partial charge in [-0.05, 0) is 26.6 Å². The van der Waals surface area contributed by atoms with Crippen molar-refractivity contribution >= 4 is 6.72 Å². The first-order chi connectivity index (χ1) is 5.74. The summed E-state index contributed by atoms with van der Waals surface area (Å²) in [6.07, 6.45) is 1.95. The minimum absolute atomic E-state index is 0.693. The Morgan fingerprint density at radius 1 is 1.67 bits per heavy atom. The fraction of sp³-hybridized carbons (Fsp3) is 0.444. The van der Waals surface area contributed by atoms with Gasteiger partial charge in [0.1, 0.15) is 6.61 Å². The Morgan fingerprint density at radius 2 is 2.42 bits per heavy atom. The molecule has 1 N–H and O–H groups in total. The molecule has 0 aliphatic carbocycles. The van der Waals surface area contributed by atoms with Crippen LogP contribution in [0.15, 0.2) is 28.2 Å². The number of hydrogen-bond acceptors (Lipinski definition) is 3. The first-order valence-electron chi connectivity index (χ1n) is 3.96. The Bertz CT molecular complexity index is 237. The number of hydrogen-bond donors (Lipinski definition) is 1. The van der Waals surface area contributed by atoms with Crippen molar-refractivity contribution in [1.82, 2.24) is 5.32 Å². The van der Waals surface area contributed by atoms with E-state index in [1.165, 1.54) is 5.57 Å². The van der Waals surface area contributed by atoms with Gasteiger partial charge in [-0.2, -0.15) is 0 Å². The third-order valence-electron chi connectivity index (χ3n) is 1.46. The Labute approximate surface area is 72.8 Å². The summed E-state index contributed by atoms with van der Waals surface area (Å²) in [5, 5.41) is 3.11. The Hall–Kier alpha value is -1.25. The second kappa shape index (κ2) is 3.95. The smallest absolute Gasteiger partial charge is 0.168 e. The van der Waals surface area contributed by atoms with E-state index >= 15 is 0 Å². The molecule has 12 heavy (non-hydrogen) atoms. The van der Waals surface area contributed by atoms with Gasteiger partial charge in [0.15, 0.2) is 11.6 Å². The predicted molar refractivity (Wildman–Crippen MR) is 50.0 cm³/mol. The van der Waals surface area contributed by atoms with Crippen LogP contribution < -0.4 is 5.32 Å². The van der Waals surface area contributed by atoms with Gasteiger partial charge in [-0.3, -0.25) is 0 Å². The van der Waals surface area contributed by atoms with Gasteiger partial charge in [-0.15, -0.1) is 0 Å². The predicted octanol–water partition coefficient (Wildman–Crippen LogP) is 1.44. The van der Waals surface area contributed by atoms with E-state index in [4.69, 9.17) is 4.74 Å². The summed E-state index contributed by atoms with van der Waals surface area (Å²) in [5.74, 6) is 1.53.